The number of fused-ring (bicyclic) bond motifs is 1. The highest BCUT2D eigenvalue weighted by molar-refractivity contribution is 5.71. The van der Waals surface area contributed by atoms with Gasteiger partial charge >= 0.3 is 0 Å². The average Bonchev–Trinajstić information content (AvgIpc) is 2.78. The summed E-state index contributed by atoms with van der Waals surface area (Å²) >= 11 is 0. The summed E-state index contributed by atoms with van der Waals surface area (Å²) in [4.78, 5) is 11.6. The first-order valence-electron chi connectivity index (χ1n) is 9.13. The van der Waals surface area contributed by atoms with E-state index in [1.807, 2.05) is 0 Å². The third kappa shape index (κ3) is 3.44. The SMILES string of the molecule is CCC[C@H](c1nc2cc(F)cnc2n1CC)N1CCN[C@H](C)CC1. The van der Waals surface area contributed by atoms with Crippen molar-refractivity contribution >= 4 is 11.2 Å². The lowest BCUT2D eigenvalue weighted by Crippen LogP contribution is -2.34. The van der Waals surface area contributed by atoms with E-state index in [9.17, 15) is 4.39 Å². The Balaban J connectivity index is 1.99. The van der Waals surface area contributed by atoms with Gasteiger partial charge in [0, 0.05) is 38.3 Å². The molecule has 3 heterocycles. The molecule has 1 N–H and O–H groups in total. The fourth-order valence-electron chi connectivity index (χ4n) is 3.66. The number of hydrogen-bond acceptors (Lipinski definition) is 4. The Hall–Kier alpha value is -1.53. The molecule has 0 amide bonds. The lowest BCUT2D eigenvalue weighted by molar-refractivity contribution is 0.186. The van der Waals surface area contributed by atoms with E-state index in [-0.39, 0.29) is 11.9 Å². The van der Waals surface area contributed by atoms with E-state index in [1.165, 1.54) is 12.3 Å². The fraction of sp³-hybridized carbons (Fsp3) is 0.667. The van der Waals surface area contributed by atoms with Crippen molar-refractivity contribution in [3.8, 4) is 0 Å². The van der Waals surface area contributed by atoms with Crippen LogP contribution >= 0.6 is 0 Å². The minimum atomic E-state index is -0.324. The van der Waals surface area contributed by atoms with Gasteiger partial charge in [0.1, 0.15) is 17.2 Å². The Kier molecular flexibility index (Phi) is 5.46. The molecule has 1 aliphatic rings. The van der Waals surface area contributed by atoms with Crippen LogP contribution in [0.25, 0.3) is 11.2 Å². The normalized spacial score (nSPS) is 21.1. The van der Waals surface area contributed by atoms with Crippen LogP contribution in [0.2, 0.25) is 0 Å². The fourth-order valence-corrected chi connectivity index (χ4v) is 3.66. The highest BCUT2D eigenvalue weighted by Crippen LogP contribution is 2.29. The second kappa shape index (κ2) is 7.57. The second-order valence-corrected chi connectivity index (χ2v) is 6.69. The number of imidazole rings is 1. The highest BCUT2D eigenvalue weighted by Gasteiger charge is 2.27. The van der Waals surface area contributed by atoms with Crippen molar-refractivity contribution in [1.82, 2.24) is 24.8 Å². The third-order valence-electron chi connectivity index (χ3n) is 4.94. The lowest BCUT2D eigenvalue weighted by atomic mass is 10.1. The summed E-state index contributed by atoms with van der Waals surface area (Å²) in [5, 5.41) is 3.55. The Morgan fingerprint density at radius 1 is 1.38 bits per heavy atom. The predicted octanol–water partition coefficient (Wildman–Crippen LogP) is 3.12. The first kappa shape index (κ1) is 17.3. The van der Waals surface area contributed by atoms with Crippen molar-refractivity contribution in [3.05, 3.63) is 23.9 Å². The van der Waals surface area contributed by atoms with Gasteiger partial charge in [-0.05, 0) is 26.7 Å². The van der Waals surface area contributed by atoms with Gasteiger partial charge < -0.3 is 9.88 Å². The summed E-state index contributed by atoms with van der Waals surface area (Å²) in [5.74, 6) is 0.705. The summed E-state index contributed by atoms with van der Waals surface area (Å²) in [6, 6.07) is 2.31. The number of rotatable bonds is 5. The summed E-state index contributed by atoms with van der Waals surface area (Å²) < 4.78 is 15.7. The van der Waals surface area contributed by atoms with E-state index in [1.54, 1.807) is 0 Å². The average molecular weight is 333 g/mol. The number of halogens is 1. The van der Waals surface area contributed by atoms with Crippen molar-refractivity contribution in [2.24, 2.45) is 0 Å². The van der Waals surface area contributed by atoms with Crippen molar-refractivity contribution in [1.29, 1.82) is 0 Å². The molecule has 0 aromatic carbocycles. The van der Waals surface area contributed by atoms with E-state index in [2.05, 4.69) is 40.5 Å². The van der Waals surface area contributed by atoms with Gasteiger partial charge in [-0.1, -0.05) is 13.3 Å². The van der Waals surface area contributed by atoms with Crippen LogP contribution < -0.4 is 5.32 Å². The van der Waals surface area contributed by atoms with Gasteiger partial charge in [-0.25, -0.2) is 14.4 Å². The molecular weight excluding hydrogens is 305 g/mol. The molecule has 5 nitrogen and oxygen atoms in total. The predicted molar refractivity (Wildman–Crippen MR) is 94.5 cm³/mol. The smallest absolute Gasteiger partial charge is 0.160 e. The van der Waals surface area contributed by atoms with Gasteiger partial charge in [0.05, 0.1) is 12.2 Å². The number of aryl methyl sites for hydroxylation is 1. The van der Waals surface area contributed by atoms with Gasteiger partial charge in [0.15, 0.2) is 5.65 Å². The van der Waals surface area contributed by atoms with E-state index < -0.39 is 0 Å². The molecule has 1 fully saturated rings. The Morgan fingerprint density at radius 3 is 2.96 bits per heavy atom. The van der Waals surface area contributed by atoms with Gasteiger partial charge in [-0.15, -0.1) is 0 Å². The summed E-state index contributed by atoms with van der Waals surface area (Å²) in [6.07, 6.45) is 4.57. The van der Waals surface area contributed by atoms with E-state index in [0.29, 0.717) is 11.6 Å². The van der Waals surface area contributed by atoms with Crippen LogP contribution in [0.1, 0.15) is 51.9 Å². The molecule has 2 atom stereocenters. The Morgan fingerprint density at radius 2 is 2.21 bits per heavy atom. The molecule has 0 aliphatic carbocycles. The summed E-state index contributed by atoms with van der Waals surface area (Å²) in [7, 11) is 0. The van der Waals surface area contributed by atoms with Crippen LogP contribution in [-0.2, 0) is 6.54 Å². The first-order valence-corrected chi connectivity index (χ1v) is 9.13. The lowest BCUT2D eigenvalue weighted by Gasteiger charge is -2.30. The Bertz CT molecular complexity index is 683. The van der Waals surface area contributed by atoms with Gasteiger partial charge in [-0.3, -0.25) is 4.90 Å². The molecule has 6 heteroatoms. The molecule has 0 bridgehead atoms. The van der Waals surface area contributed by atoms with E-state index >= 15 is 0 Å². The Labute approximate surface area is 143 Å². The molecule has 132 valence electrons. The molecule has 1 saturated heterocycles. The molecule has 24 heavy (non-hydrogen) atoms. The summed E-state index contributed by atoms with van der Waals surface area (Å²) in [6.45, 7) is 10.4. The van der Waals surface area contributed by atoms with Crippen LogP contribution in [0.3, 0.4) is 0 Å². The first-order chi connectivity index (χ1) is 11.6. The number of nitrogens with one attached hydrogen (secondary N) is 1. The monoisotopic (exact) mass is 333 g/mol. The zero-order chi connectivity index (χ0) is 17.1. The van der Waals surface area contributed by atoms with Gasteiger partial charge in [-0.2, -0.15) is 0 Å². The molecular formula is C18H28FN5. The van der Waals surface area contributed by atoms with Crippen LogP contribution in [0, 0.1) is 5.82 Å². The van der Waals surface area contributed by atoms with Crippen LogP contribution in [0.5, 0.6) is 0 Å². The van der Waals surface area contributed by atoms with Crippen molar-refractivity contribution in [2.75, 3.05) is 19.6 Å². The van der Waals surface area contributed by atoms with Crippen molar-refractivity contribution in [3.63, 3.8) is 0 Å². The number of aromatic nitrogens is 3. The minimum Gasteiger partial charge on any atom is -0.313 e. The quantitative estimate of drug-likeness (QED) is 0.913. The molecule has 0 saturated carbocycles. The van der Waals surface area contributed by atoms with Crippen LogP contribution in [-0.4, -0.2) is 45.1 Å². The maximum Gasteiger partial charge on any atom is 0.160 e. The molecule has 0 spiro atoms. The number of pyridine rings is 1. The maximum atomic E-state index is 13.6. The minimum absolute atomic E-state index is 0.263. The largest absolute Gasteiger partial charge is 0.313 e. The number of hydrogen-bond donors (Lipinski definition) is 1. The highest BCUT2D eigenvalue weighted by atomic mass is 19.1. The maximum absolute atomic E-state index is 13.6. The van der Waals surface area contributed by atoms with E-state index in [4.69, 9.17) is 4.98 Å². The standard InChI is InChI=1S/C18H28FN5/c1-4-6-16(23-9-7-13(3)20-8-10-23)18-22-15-11-14(19)12-21-17(15)24(18)5-2/h11-13,16,20H,4-10H2,1-3H3/t13-,16-/m1/s1. The van der Waals surface area contributed by atoms with E-state index in [0.717, 1.165) is 56.9 Å². The molecule has 2 aromatic heterocycles. The molecule has 3 rings (SSSR count). The molecule has 1 aliphatic heterocycles. The topological polar surface area (TPSA) is 46.0 Å². The molecule has 0 unspecified atom stereocenters. The zero-order valence-corrected chi connectivity index (χ0v) is 14.9. The zero-order valence-electron chi connectivity index (χ0n) is 14.9. The number of nitrogens with zero attached hydrogens (tertiary/aromatic N) is 4. The van der Waals surface area contributed by atoms with Gasteiger partial charge in [0.2, 0.25) is 0 Å². The second-order valence-electron chi connectivity index (χ2n) is 6.69. The van der Waals surface area contributed by atoms with Crippen LogP contribution in [0.15, 0.2) is 12.3 Å². The van der Waals surface area contributed by atoms with Crippen molar-refractivity contribution in [2.45, 2.75) is 58.7 Å². The van der Waals surface area contributed by atoms with Crippen molar-refractivity contribution < 1.29 is 4.39 Å². The van der Waals surface area contributed by atoms with Crippen LogP contribution in [0.4, 0.5) is 4.39 Å². The molecule has 0 radical (unpaired) electrons. The third-order valence-corrected chi connectivity index (χ3v) is 4.94. The molecule has 2 aromatic rings. The summed E-state index contributed by atoms with van der Waals surface area (Å²) in [5.41, 5.74) is 1.45. The van der Waals surface area contributed by atoms with Gasteiger partial charge in [0.25, 0.3) is 0 Å².